The lowest BCUT2D eigenvalue weighted by atomic mass is 10.0. The Kier molecular flexibility index (Phi) is 5.53. The largest absolute Gasteiger partial charge is 0.308 e. The van der Waals surface area contributed by atoms with Crippen LogP contribution in [0.4, 0.5) is 4.39 Å². The van der Waals surface area contributed by atoms with E-state index in [1.807, 2.05) is 24.7 Å². The van der Waals surface area contributed by atoms with Crippen molar-refractivity contribution >= 4 is 15.9 Å². The molecule has 1 atom stereocenters. The van der Waals surface area contributed by atoms with Crippen LogP contribution in [0.3, 0.4) is 0 Å². The van der Waals surface area contributed by atoms with Crippen LogP contribution in [0, 0.1) is 12.7 Å². The maximum atomic E-state index is 14.0. The lowest BCUT2D eigenvalue weighted by Gasteiger charge is -2.19. The molecular formula is C16H21BrFN3. The first-order valence-corrected chi connectivity index (χ1v) is 7.98. The van der Waals surface area contributed by atoms with E-state index in [2.05, 4.69) is 39.3 Å². The Labute approximate surface area is 133 Å². The number of hydrogen-bond donors (Lipinski definition) is 1. The zero-order chi connectivity index (χ0) is 15.4. The van der Waals surface area contributed by atoms with Crippen LogP contribution < -0.4 is 5.32 Å². The van der Waals surface area contributed by atoms with Crippen LogP contribution >= 0.6 is 15.9 Å². The van der Waals surface area contributed by atoms with E-state index < -0.39 is 0 Å². The molecule has 114 valence electrons. The van der Waals surface area contributed by atoms with E-state index in [1.54, 1.807) is 6.07 Å². The minimum atomic E-state index is -0.166. The van der Waals surface area contributed by atoms with Crippen LogP contribution in [-0.4, -0.2) is 16.3 Å². The third-order valence-corrected chi connectivity index (χ3v) is 3.96. The molecule has 0 aliphatic rings. The molecule has 1 N–H and O–H groups in total. The van der Waals surface area contributed by atoms with Gasteiger partial charge in [-0.25, -0.2) is 4.39 Å². The van der Waals surface area contributed by atoms with E-state index in [1.165, 1.54) is 6.07 Å². The van der Waals surface area contributed by atoms with Crippen molar-refractivity contribution in [2.45, 2.75) is 32.7 Å². The minimum absolute atomic E-state index is 0.0555. The maximum absolute atomic E-state index is 14.0. The van der Waals surface area contributed by atoms with Crippen molar-refractivity contribution in [1.82, 2.24) is 15.1 Å². The summed E-state index contributed by atoms with van der Waals surface area (Å²) in [6, 6.07) is 7.19. The maximum Gasteiger partial charge on any atom is 0.126 e. The van der Waals surface area contributed by atoms with Gasteiger partial charge < -0.3 is 5.32 Å². The van der Waals surface area contributed by atoms with E-state index in [0.717, 1.165) is 28.8 Å². The molecule has 0 fully saturated rings. The zero-order valence-electron chi connectivity index (χ0n) is 12.7. The average Bonchev–Trinajstić information content (AvgIpc) is 2.77. The number of benzene rings is 1. The highest BCUT2D eigenvalue weighted by Gasteiger charge is 2.18. The minimum Gasteiger partial charge on any atom is -0.308 e. The molecule has 5 heteroatoms. The molecule has 0 spiro atoms. The van der Waals surface area contributed by atoms with E-state index in [0.29, 0.717) is 12.0 Å². The molecule has 0 aliphatic carbocycles. The summed E-state index contributed by atoms with van der Waals surface area (Å²) in [7, 11) is 1.93. The summed E-state index contributed by atoms with van der Waals surface area (Å²) in [4.78, 5) is 0. The van der Waals surface area contributed by atoms with Crippen LogP contribution in [0.25, 0.3) is 0 Å². The second kappa shape index (κ2) is 7.18. The molecule has 1 aromatic heterocycles. The predicted molar refractivity (Wildman–Crippen MR) is 86.8 cm³/mol. The van der Waals surface area contributed by atoms with Gasteiger partial charge in [0.05, 0.1) is 17.4 Å². The monoisotopic (exact) mass is 353 g/mol. The highest BCUT2D eigenvalue weighted by Crippen LogP contribution is 2.23. The number of aryl methyl sites for hydroxylation is 2. The molecule has 0 radical (unpaired) electrons. The van der Waals surface area contributed by atoms with Crippen molar-refractivity contribution in [3.63, 3.8) is 0 Å². The molecule has 21 heavy (non-hydrogen) atoms. The molecule has 1 unspecified atom stereocenters. The summed E-state index contributed by atoms with van der Waals surface area (Å²) in [6.45, 7) is 4.99. The summed E-state index contributed by atoms with van der Waals surface area (Å²) >= 11 is 3.41. The Morgan fingerprint density at radius 1 is 1.38 bits per heavy atom. The van der Waals surface area contributed by atoms with Gasteiger partial charge in [-0.05, 0) is 56.1 Å². The van der Waals surface area contributed by atoms with Crippen molar-refractivity contribution < 1.29 is 4.39 Å². The zero-order valence-corrected chi connectivity index (χ0v) is 14.2. The van der Waals surface area contributed by atoms with Gasteiger partial charge in [0.15, 0.2) is 0 Å². The standard InChI is InChI=1S/C16H21BrFN3/c1-4-7-19-15(16-8-11(2)20-21(16)3)10-12-9-13(17)5-6-14(12)18/h5-6,8-9,15,19H,4,7,10H2,1-3H3. The van der Waals surface area contributed by atoms with Crippen LogP contribution in [0.2, 0.25) is 0 Å². The van der Waals surface area contributed by atoms with Crippen molar-refractivity contribution in [2.75, 3.05) is 6.54 Å². The van der Waals surface area contributed by atoms with E-state index in [4.69, 9.17) is 0 Å². The summed E-state index contributed by atoms with van der Waals surface area (Å²) in [6.07, 6.45) is 1.64. The average molecular weight is 354 g/mol. The fourth-order valence-corrected chi connectivity index (χ4v) is 2.88. The molecule has 1 heterocycles. The summed E-state index contributed by atoms with van der Waals surface area (Å²) in [5.41, 5.74) is 2.77. The number of halogens is 2. The van der Waals surface area contributed by atoms with E-state index in [9.17, 15) is 4.39 Å². The van der Waals surface area contributed by atoms with Crippen molar-refractivity contribution in [1.29, 1.82) is 0 Å². The summed E-state index contributed by atoms with van der Waals surface area (Å²) in [5, 5.41) is 7.89. The Morgan fingerprint density at radius 2 is 2.14 bits per heavy atom. The highest BCUT2D eigenvalue weighted by molar-refractivity contribution is 9.10. The van der Waals surface area contributed by atoms with Gasteiger partial charge in [-0.15, -0.1) is 0 Å². The second-order valence-corrected chi connectivity index (χ2v) is 6.20. The van der Waals surface area contributed by atoms with Gasteiger partial charge in [-0.2, -0.15) is 5.10 Å². The fourth-order valence-electron chi connectivity index (χ4n) is 2.48. The molecule has 3 nitrogen and oxygen atoms in total. The number of nitrogens with one attached hydrogen (secondary N) is 1. The molecule has 0 saturated carbocycles. The first-order valence-electron chi connectivity index (χ1n) is 7.19. The number of rotatable bonds is 6. The number of nitrogens with zero attached hydrogens (tertiary/aromatic N) is 2. The van der Waals surface area contributed by atoms with Crippen LogP contribution in [-0.2, 0) is 13.5 Å². The Bertz CT molecular complexity index is 610. The van der Waals surface area contributed by atoms with Gasteiger partial charge >= 0.3 is 0 Å². The Balaban J connectivity index is 2.28. The molecule has 0 bridgehead atoms. The van der Waals surface area contributed by atoms with Crippen LogP contribution in [0.15, 0.2) is 28.7 Å². The summed E-state index contributed by atoms with van der Waals surface area (Å²) < 4.78 is 16.8. The normalized spacial score (nSPS) is 12.6. The highest BCUT2D eigenvalue weighted by atomic mass is 79.9. The summed E-state index contributed by atoms with van der Waals surface area (Å²) in [5.74, 6) is -0.166. The predicted octanol–water partition coefficient (Wildman–Crippen LogP) is 3.91. The van der Waals surface area contributed by atoms with Crippen molar-refractivity contribution in [3.05, 3.63) is 51.5 Å². The molecule has 0 saturated heterocycles. The molecule has 1 aromatic carbocycles. The fraction of sp³-hybridized carbons (Fsp3) is 0.438. The van der Waals surface area contributed by atoms with E-state index >= 15 is 0 Å². The quantitative estimate of drug-likeness (QED) is 0.852. The van der Waals surface area contributed by atoms with Crippen molar-refractivity contribution in [3.8, 4) is 0 Å². The Hall–Kier alpha value is -1.20. The first kappa shape index (κ1) is 16.2. The SMILES string of the molecule is CCCNC(Cc1cc(Br)ccc1F)c1cc(C)nn1C. The third kappa shape index (κ3) is 4.14. The van der Waals surface area contributed by atoms with E-state index in [-0.39, 0.29) is 11.9 Å². The number of hydrogen-bond acceptors (Lipinski definition) is 2. The van der Waals surface area contributed by atoms with Crippen LogP contribution in [0.5, 0.6) is 0 Å². The topological polar surface area (TPSA) is 29.9 Å². The first-order chi connectivity index (χ1) is 10.0. The van der Waals surface area contributed by atoms with Crippen molar-refractivity contribution in [2.24, 2.45) is 7.05 Å². The number of aromatic nitrogens is 2. The third-order valence-electron chi connectivity index (χ3n) is 3.47. The van der Waals surface area contributed by atoms with Gasteiger partial charge in [0.25, 0.3) is 0 Å². The molecule has 0 amide bonds. The lowest BCUT2D eigenvalue weighted by Crippen LogP contribution is -2.26. The van der Waals surface area contributed by atoms with Crippen LogP contribution in [0.1, 0.15) is 36.3 Å². The lowest BCUT2D eigenvalue weighted by molar-refractivity contribution is 0.482. The molecule has 2 rings (SSSR count). The smallest absolute Gasteiger partial charge is 0.126 e. The second-order valence-electron chi connectivity index (χ2n) is 5.28. The Morgan fingerprint density at radius 3 is 2.76 bits per heavy atom. The van der Waals surface area contributed by atoms with Gasteiger partial charge in [-0.3, -0.25) is 4.68 Å². The molecule has 0 aliphatic heterocycles. The molecule has 2 aromatic rings. The van der Waals surface area contributed by atoms with Gasteiger partial charge in [0.1, 0.15) is 5.82 Å². The van der Waals surface area contributed by atoms with Gasteiger partial charge in [-0.1, -0.05) is 22.9 Å². The molecular weight excluding hydrogens is 333 g/mol. The van der Waals surface area contributed by atoms with Gasteiger partial charge in [0, 0.05) is 11.5 Å². The van der Waals surface area contributed by atoms with Gasteiger partial charge in [0.2, 0.25) is 0 Å².